The number of fused-ring (bicyclic) bond motifs is 1. The van der Waals surface area contributed by atoms with Crippen molar-refractivity contribution in [3.05, 3.63) is 62.9 Å². The van der Waals surface area contributed by atoms with Gasteiger partial charge in [0.05, 0.1) is 16.2 Å². The molecule has 1 heterocycles. The maximum Gasteiger partial charge on any atom is 0.262 e. The van der Waals surface area contributed by atoms with E-state index in [2.05, 4.69) is 10.3 Å². The summed E-state index contributed by atoms with van der Waals surface area (Å²) in [7, 11) is 0. The summed E-state index contributed by atoms with van der Waals surface area (Å²) < 4.78 is 1.64. The Labute approximate surface area is 179 Å². The number of aryl methyl sites for hydroxylation is 2. The summed E-state index contributed by atoms with van der Waals surface area (Å²) in [5, 5.41) is 4.16. The molecule has 2 aromatic carbocycles. The first-order valence-corrected chi connectivity index (χ1v) is 10.8. The molecule has 29 heavy (non-hydrogen) atoms. The van der Waals surface area contributed by atoms with Crippen molar-refractivity contribution in [2.75, 3.05) is 5.32 Å². The minimum absolute atomic E-state index is 0.113. The maximum absolute atomic E-state index is 12.9. The number of para-hydroxylation sites is 1. The number of nitrogens with zero attached hydrogens (tertiary/aromatic N) is 2. The molecule has 1 aromatic heterocycles. The first-order chi connectivity index (χ1) is 13.8. The third kappa shape index (κ3) is 4.65. The highest BCUT2D eigenvalue weighted by molar-refractivity contribution is 8.00. The number of aromatic nitrogens is 2. The van der Waals surface area contributed by atoms with E-state index >= 15 is 0 Å². The predicted molar refractivity (Wildman–Crippen MR) is 121 cm³/mol. The Morgan fingerprint density at radius 2 is 1.93 bits per heavy atom. The Bertz CT molecular complexity index is 1110. The minimum atomic E-state index is -0.430. The van der Waals surface area contributed by atoms with Crippen molar-refractivity contribution in [3.63, 3.8) is 0 Å². The molecule has 1 unspecified atom stereocenters. The Kier molecular flexibility index (Phi) is 6.65. The molecule has 0 radical (unpaired) electrons. The van der Waals surface area contributed by atoms with E-state index in [0.29, 0.717) is 27.6 Å². The Morgan fingerprint density at radius 3 is 2.59 bits per heavy atom. The number of thioether (sulfide) groups is 1. The van der Waals surface area contributed by atoms with Crippen LogP contribution in [0.25, 0.3) is 10.9 Å². The Balaban J connectivity index is 1.92. The van der Waals surface area contributed by atoms with Crippen LogP contribution >= 0.6 is 23.4 Å². The molecule has 1 atom stereocenters. The molecule has 0 bridgehead atoms. The topological polar surface area (TPSA) is 64.0 Å². The van der Waals surface area contributed by atoms with Crippen molar-refractivity contribution in [1.29, 1.82) is 0 Å². The summed E-state index contributed by atoms with van der Waals surface area (Å²) in [4.78, 5) is 30.4. The average Bonchev–Trinajstić information content (AvgIpc) is 2.67. The minimum Gasteiger partial charge on any atom is -0.325 e. The molecule has 0 aliphatic rings. The Hall–Kier alpha value is -2.31. The summed E-state index contributed by atoms with van der Waals surface area (Å²) in [5.41, 5.74) is 3.28. The predicted octanol–water partition coefficient (Wildman–Crippen LogP) is 5.20. The SMILES string of the molecule is CCCn1c(SC(C)C(=O)Nc2c(C)cccc2C)nc2cc(Cl)ccc2c1=O. The highest BCUT2D eigenvalue weighted by atomic mass is 35.5. The van der Waals surface area contributed by atoms with Crippen LogP contribution in [0.5, 0.6) is 0 Å². The largest absolute Gasteiger partial charge is 0.325 e. The van der Waals surface area contributed by atoms with Gasteiger partial charge in [0.15, 0.2) is 5.16 Å². The quantitative estimate of drug-likeness (QED) is 0.432. The number of carbonyl (C=O) groups is 1. The van der Waals surface area contributed by atoms with Gasteiger partial charge in [-0.05, 0) is 56.5 Å². The van der Waals surface area contributed by atoms with Crippen LogP contribution in [-0.4, -0.2) is 20.7 Å². The van der Waals surface area contributed by atoms with E-state index < -0.39 is 5.25 Å². The van der Waals surface area contributed by atoms with E-state index in [4.69, 9.17) is 11.6 Å². The smallest absolute Gasteiger partial charge is 0.262 e. The maximum atomic E-state index is 12.9. The lowest BCUT2D eigenvalue weighted by molar-refractivity contribution is -0.115. The number of carbonyl (C=O) groups excluding carboxylic acids is 1. The van der Waals surface area contributed by atoms with Gasteiger partial charge in [-0.15, -0.1) is 0 Å². The lowest BCUT2D eigenvalue weighted by Gasteiger charge is -2.17. The number of rotatable bonds is 6. The normalized spacial score (nSPS) is 12.2. The second-order valence-corrected chi connectivity index (χ2v) is 8.77. The molecule has 0 spiro atoms. The van der Waals surface area contributed by atoms with Crippen molar-refractivity contribution in [2.24, 2.45) is 0 Å². The van der Waals surface area contributed by atoms with Crippen LogP contribution in [0.4, 0.5) is 5.69 Å². The fourth-order valence-corrected chi connectivity index (χ4v) is 4.23. The van der Waals surface area contributed by atoms with E-state index in [1.54, 1.807) is 22.8 Å². The van der Waals surface area contributed by atoms with Gasteiger partial charge in [-0.2, -0.15) is 0 Å². The van der Waals surface area contributed by atoms with Gasteiger partial charge < -0.3 is 5.32 Å². The molecule has 3 rings (SSSR count). The first-order valence-electron chi connectivity index (χ1n) is 9.55. The monoisotopic (exact) mass is 429 g/mol. The number of anilines is 1. The van der Waals surface area contributed by atoms with E-state index in [1.807, 2.05) is 45.9 Å². The van der Waals surface area contributed by atoms with Crippen LogP contribution in [-0.2, 0) is 11.3 Å². The van der Waals surface area contributed by atoms with Gasteiger partial charge in [0.25, 0.3) is 5.56 Å². The van der Waals surface area contributed by atoms with Crippen molar-refractivity contribution >= 4 is 45.9 Å². The number of nitrogens with one attached hydrogen (secondary N) is 1. The zero-order valence-corrected chi connectivity index (χ0v) is 18.5. The first kappa shape index (κ1) is 21.4. The molecule has 5 nitrogen and oxygen atoms in total. The Morgan fingerprint density at radius 1 is 1.24 bits per heavy atom. The number of hydrogen-bond acceptors (Lipinski definition) is 4. The van der Waals surface area contributed by atoms with Gasteiger partial charge >= 0.3 is 0 Å². The fraction of sp³-hybridized carbons (Fsp3) is 0.318. The molecule has 0 aliphatic carbocycles. The molecule has 0 saturated heterocycles. The third-order valence-electron chi connectivity index (χ3n) is 4.71. The van der Waals surface area contributed by atoms with Crippen molar-refractivity contribution in [3.8, 4) is 0 Å². The van der Waals surface area contributed by atoms with E-state index in [1.165, 1.54) is 11.8 Å². The highest BCUT2D eigenvalue weighted by Crippen LogP contribution is 2.26. The molecule has 152 valence electrons. The summed E-state index contributed by atoms with van der Waals surface area (Å²) in [6.45, 7) is 8.29. The molecule has 1 amide bonds. The van der Waals surface area contributed by atoms with Crippen LogP contribution in [0.1, 0.15) is 31.4 Å². The fourth-order valence-electron chi connectivity index (χ4n) is 3.13. The molecule has 0 aliphatic heterocycles. The summed E-state index contributed by atoms with van der Waals surface area (Å²) in [5.74, 6) is -0.129. The third-order valence-corrected chi connectivity index (χ3v) is 6.04. The lowest BCUT2D eigenvalue weighted by atomic mass is 10.1. The van der Waals surface area contributed by atoms with Crippen LogP contribution in [0, 0.1) is 13.8 Å². The summed E-state index contributed by atoms with van der Waals surface area (Å²) in [6, 6.07) is 11.0. The van der Waals surface area contributed by atoms with Gasteiger partial charge in [0, 0.05) is 17.3 Å². The van der Waals surface area contributed by atoms with E-state index in [0.717, 1.165) is 23.2 Å². The molecule has 0 saturated carbocycles. The molecule has 3 aromatic rings. The van der Waals surface area contributed by atoms with Gasteiger partial charge in [-0.1, -0.05) is 48.5 Å². The summed E-state index contributed by atoms with van der Waals surface area (Å²) in [6.07, 6.45) is 0.789. The van der Waals surface area contributed by atoms with Crippen LogP contribution in [0.3, 0.4) is 0 Å². The second kappa shape index (κ2) is 9.01. The lowest BCUT2D eigenvalue weighted by Crippen LogP contribution is -2.27. The average molecular weight is 430 g/mol. The number of benzene rings is 2. The molecular weight excluding hydrogens is 406 g/mol. The second-order valence-electron chi connectivity index (χ2n) is 7.03. The van der Waals surface area contributed by atoms with Crippen LogP contribution in [0.15, 0.2) is 46.3 Å². The molecule has 7 heteroatoms. The van der Waals surface area contributed by atoms with E-state index in [-0.39, 0.29) is 11.5 Å². The van der Waals surface area contributed by atoms with Crippen LogP contribution in [0.2, 0.25) is 5.02 Å². The van der Waals surface area contributed by atoms with Gasteiger partial charge in [-0.3, -0.25) is 14.2 Å². The summed E-state index contributed by atoms with van der Waals surface area (Å²) >= 11 is 7.36. The van der Waals surface area contributed by atoms with Crippen molar-refractivity contribution in [1.82, 2.24) is 9.55 Å². The van der Waals surface area contributed by atoms with Crippen LogP contribution < -0.4 is 10.9 Å². The van der Waals surface area contributed by atoms with Gasteiger partial charge in [0.1, 0.15) is 0 Å². The number of hydrogen-bond donors (Lipinski definition) is 1. The molecular formula is C22H24ClN3O2S. The molecule has 0 fully saturated rings. The van der Waals surface area contributed by atoms with E-state index in [9.17, 15) is 9.59 Å². The number of halogens is 1. The zero-order valence-electron chi connectivity index (χ0n) is 17.0. The number of amides is 1. The van der Waals surface area contributed by atoms with Gasteiger partial charge in [0.2, 0.25) is 5.91 Å². The standard InChI is InChI=1S/C22H24ClN3O2S/c1-5-11-26-21(28)17-10-9-16(23)12-18(17)24-22(26)29-15(4)20(27)25-19-13(2)7-6-8-14(19)3/h6-10,12,15H,5,11H2,1-4H3,(H,25,27). The van der Waals surface area contributed by atoms with Crippen molar-refractivity contribution < 1.29 is 4.79 Å². The molecule has 1 N–H and O–H groups in total. The van der Waals surface area contributed by atoms with Gasteiger partial charge in [-0.25, -0.2) is 4.98 Å². The highest BCUT2D eigenvalue weighted by Gasteiger charge is 2.20. The van der Waals surface area contributed by atoms with Crippen molar-refractivity contribution in [2.45, 2.75) is 51.1 Å². The zero-order chi connectivity index (χ0) is 21.1.